The molecular formula is C35H66N+. The molecule has 1 heteroatoms. The smallest absolute Gasteiger partial charge is 0.171 e. The highest BCUT2D eigenvalue weighted by Crippen LogP contribution is 2.14. The first-order valence-electron chi connectivity index (χ1n) is 16.8. The molecule has 0 spiro atoms. The van der Waals surface area contributed by atoms with E-state index in [1.54, 1.807) is 0 Å². The van der Waals surface area contributed by atoms with E-state index in [4.69, 9.17) is 0 Å². The molecule has 1 rings (SSSR count). The number of unbranched alkanes of at least 4 members (excludes halogenated alkanes) is 24. The molecule has 0 fully saturated rings. The zero-order valence-corrected chi connectivity index (χ0v) is 25.1. The molecule has 0 amide bonds. The largest absolute Gasteiger partial charge is 0.205 e. The monoisotopic (exact) mass is 501 g/mol. The normalized spacial score (nSPS) is 11.4. The van der Waals surface area contributed by atoms with Crippen LogP contribution in [0.1, 0.15) is 186 Å². The first-order valence-corrected chi connectivity index (χ1v) is 16.8. The fourth-order valence-corrected chi connectivity index (χ4v) is 5.52. The average molecular weight is 501 g/mol. The van der Waals surface area contributed by atoms with Crippen molar-refractivity contribution >= 4 is 0 Å². The van der Waals surface area contributed by atoms with E-state index in [2.05, 4.69) is 42.9 Å². The van der Waals surface area contributed by atoms with Gasteiger partial charge in [-0.25, -0.2) is 4.57 Å². The lowest BCUT2D eigenvalue weighted by atomic mass is 10.0. The Morgan fingerprint density at radius 2 is 0.806 bits per heavy atom. The van der Waals surface area contributed by atoms with Crippen molar-refractivity contribution in [1.82, 2.24) is 0 Å². The van der Waals surface area contributed by atoms with Crippen molar-refractivity contribution in [3.8, 4) is 0 Å². The van der Waals surface area contributed by atoms with Gasteiger partial charge in [-0.05, 0) is 25.3 Å². The molecule has 210 valence electrons. The molecule has 0 aliphatic heterocycles. The fourth-order valence-electron chi connectivity index (χ4n) is 5.52. The summed E-state index contributed by atoms with van der Waals surface area (Å²) in [5.41, 5.74) is 1.54. The van der Waals surface area contributed by atoms with E-state index in [9.17, 15) is 0 Å². The summed E-state index contributed by atoms with van der Waals surface area (Å²) in [5, 5.41) is 0. The minimum atomic E-state index is 1.20. The molecule has 0 radical (unpaired) electrons. The van der Waals surface area contributed by atoms with Crippen LogP contribution in [0.2, 0.25) is 0 Å². The van der Waals surface area contributed by atoms with Gasteiger partial charge in [-0.2, -0.15) is 0 Å². The SMILES string of the molecule is CCCCCCCCCCCCCCCc1ccc[n+](CCCCCCCCCCCCCCC)c1. The van der Waals surface area contributed by atoms with Crippen LogP contribution in [0.15, 0.2) is 24.5 Å². The summed E-state index contributed by atoms with van der Waals surface area (Å²) in [6, 6.07) is 4.60. The number of nitrogens with zero attached hydrogens (tertiary/aromatic N) is 1. The van der Waals surface area contributed by atoms with Gasteiger partial charge in [-0.1, -0.05) is 162 Å². The average Bonchev–Trinajstić information content (AvgIpc) is 2.90. The van der Waals surface area contributed by atoms with E-state index in [-0.39, 0.29) is 0 Å². The van der Waals surface area contributed by atoms with E-state index in [1.165, 1.54) is 185 Å². The summed E-state index contributed by atoms with van der Waals surface area (Å²) < 4.78 is 2.44. The summed E-state index contributed by atoms with van der Waals surface area (Å²) in [5.74, 6) is 0. The van der Waals surface area contributed by atoms with Gasteiger partial charge in [0, 0.05) is 18.1 Å². The summed E-state index contributed by atoms with van der Waals surface area (Å²) >= 11 is 0. The molecule has 1 heterocycles. The molecule has 0 aromatic carbocycles. The van der Waals surface area contributed by atoms with Crippen LogP contribution in [0.5, 0.6) is 0 Å². The van der Waals surface area contributed by atoms with E-state index in [0.717, 1.165) is 0 Å². The third-order valence-corrected chi connectivity index (χ3v) is 8.01. The summed E-state index contributed by atoms with van der Waals surface area (Å²) in [7, 11) is 0. The lowest BCUT2D eigenvalue weighted by Crippen LogP contribution is -2.33. The summed E-state index contributed by atoms with van der Waals surface area (Å²) in [6.45, 7) is 5.80. The predicted octanol–water partition coefficient (Wildman–Crippen LogP) is 11.7. The Bertz CT molecular complexity index is 506. The first kappa shape index (κ1) is 33.2. The summed E-state index contributed by atoms with van der Waals surface area (Å²) in [4.78, 5) is 0. The third kappa shape index (κ3) is 22.4. The molecule has 0 saturated heterocycles. The maximum absolute atomic E-state index is 2.44. The Labute approximate surface area is 228 Å². The number of aromatic nitrogens is 1. The highest BCUT2D eigenvalue weighted by atomic mass is 14.9. The van der Waals surface area contributed by atoms with Crippen LogP contribution in [-0.2, 0) is 13.0 Å². The lowest BCUT2D eigenvalue weighted by molar-refractivity contribution is -0.697. The van der Waals surface area contributed by atoms with Crippen LogP contribution >= 0.6 is 0 Å². The lowest BCUT2D eigenvalue weighted by Gasteiger charge is -2.04. The van der Waals surface area contributed by atoms with Crippen LogP contribution in [0.3, 0.4) is 0 Å². The Morgan fingerprint density at radius 3 is 1.22 bits per heavy atom. The Morgan fingerprint density at radius 1 is 0.444 bits per heavy atom. The van der Waals surface area contributed by atoms with Crippen LogP contribution in [0.25, 0.3) is 0 Å². The van der Waals surface area contributed by atoms with Crippen molar-refractivity contribution in [1.29, 1.82) is 0 Å². The van der Waals surface area contributed by atoms with Gasteiger partial charge in [0.15, 0.2) is 12.4 Å². The van der Waals surface area contributed by atoms with Crippen LogP contribution in [0.4, 0.5) is 0 Å². The molecule has 0 aliphatic rings. The van der Waals surface area contributed by atoms with Crippen molar-refractivity contribution in [3.63, 3.8) is 0 Å². The third-order valence-electron chi connectivity index (χ3n) is 8.01. The molecule has 1 aromatic heterocycles. The highest BCUT2D eigenvalue weighted by molar-refractivity contribution is 5.05. The van der Waals surface area contributed by atoms with Crippen LogP contribution in [0, 0.1) is 0 Å². The molecule has 0 bridgehead atoms. The second-order valence-electron chi connectivity index (χ2n) is 11.7. The van der Waals surface area contributed by atoms with Gasteiger partial charge in [0.05, 0.1) is 0 Å². The predicted molar refractivity (Wildman–Crippen MR) is 162 cm³/mol. The number of pyridine rings is 1. The van der Waals surface area contributed by atoms with Crippen molar-refractivity contribution in [3.05, 3.63) is 30.1 Å². The van der Waals surface area contributed by atoms with E-state index in [0.29, 0.717) is 0 Å². The maximum Gasteiger partial charge on any atom is 0.171 e. The standard InChI is InChI=1S/C35H66N/c1-3-5-7-9-11-13-15-17-19-21-23-25-27-30-35-31-29-33-36(34-35)32-28-26-24-22-20-18-16-14-12-10-8-6-4-2/h29,31,33-34H,3-28,30,32H2,1-2H3/q+1. The van der Waals surface area contributed by atoms with E-state index >= 15 is 0 Å². The fraction of sp³-hybridized carbons (Fsp3) is 0.857. The zero-order chi connectivity index (χ0) is 25.8. The Kier molecular flexibility index (Phi) is 25.1. The quantitative estimate of drug-likeness (QED) is 0.0795. The summed E-state index contributed by atoms with van der Waals surface area (Å²) in [6.07, 6.45) is 43.3. The van der Waals surface area contributed by atoms with Gasteiger partial charge >= 0.3 is 0 Å². The van der Waals surface area contributed by atoms with Crippen LogP contribution in [-0.4, -0.2) is 0 Å². The number of hydrogen-bond acceptors (Lipinski definition) is 0. The molecule has 0 atom stereocenters. The molecule has 0 aliphatic carbocycles. The zero-order valence-electron chi connectivity index (χ0n) is 25.1. The van der Waals surface area contributed by atoms with Gasteiger partial charge in [0.25, 0.3) is 0 Å². The van der Waals surface area contributed by atoms with Crippen molar-refractivity contribution in [2.75, 3.05) is 0 Å². The molecule has 1 nitrogen and oxygen atoms in total. The molecular weight excluding hydrogens is 434 g/mol. The topological polar surface area (TPSA) is 3.88 Å². The van der Waals surface area contributed by atoms with Gasteiger partial charge in [0.2, 0.25) is 0 Å². The second-order valence-corrected chi connectivity index (χ2v) is 11.7. The number of aryl methyl sites for hydroxylation is 2. The van der Waals surface area contributed by atoms with E-state index in [1.807, 2.05) is 0 Å². The second kappa shape index (κ2) is 27.2. The first-order chi connectivity index (χ1) is 17.9. The molecule has 0 saturated carbocycles. The molecule has 0 unspecified atom stereocenters. The highest BCUT2D eigenvalue weighted by Gasteiger charge is 2.03. The number of hydrogen-bond donors (Lipinski definition) is 0. The molecule has 1 aromatic rings. The van der Waals surface area contributed by atoms with Gasteiger partial charge < -0.3 is 0 Å². The minimum Gasteiger partial charge on any atom is -0.205 e. The van der Waals surface area contributed by atoms with Crippen LogP contribution < -0.4 is 4.57 Å². The Hall–Kier alpha value is -0.850. The van der Waals surface area contributed by atoms with Crippen molar-refractivity contribution in [2.24, 2.45) is 0 Å². The van der Waals surface area contributed by atoms with Gasteiger partial charge in [-0.15, -0.1) is 0 Å². The minimum absolute atomic E-state index is 1.20. The molecule has 0 N–H and O–H groups in total. The van der Waals surface area contributed by atoms with E-state index < -0.39 is 0 Å². The molecule has 36 heavy (non-hydrogen) atoms. The van der Waals surface area contributed by atoms with Gasteiger partial charge in [0.1, 0.15) is 6.54 Å². The van der Waals surface area contributed by atoms with Crippen molar-refractivity contribution < 1.29 is 4.57 Å². The van der Waals surface area contributed by atoms with Gasteiger partial charge in [-0.3, -0.25) is 0 Å². The number of rotatable bonds is 28. The van der Waals surface area contributed by atoms with Crippen molar-refractivity contribution in [2.45, 2.75) is 194 Å². The Balaban J connectivity index is 1.89. The maximum atomic E-state index is 2.44.